The largest absolute Gasteiger partial charge is 0.450 e. The predicted molar refractivity (Wildman–Crippen MR) is 105 cm³/mol. The molecule has 0 aliphatic carbocycles. The Balaban J connectivity index is 1.43. The van der Waals surface area contributed by atoms with E-state index in [1.807, 2.05) is 35.2 Å². The van der Waals surface area contributed by atoms with Crippen molar-refractivity contribution in [1.82, 2.24) is 15.1 Å². The Hall–Kier alpha value is -2.57. The Labute approximate surface area is 166 Å². The molecule has 0 bridgehead atoms. The van der Waals surface area contributed by atoms with Crippen LogP contribution in [0.15, 0.2) is 30.3 Å². The summed E-state index contributed by atoms with van der Waals surface area (Å²) in [6.45, 7) is 4.37. The van der Waals surface area contributed by atoms with Crippen LogP contribution in [0.3, 0.4) is 0 Å². The molecule has 28 heavy (non-hydrogen) atoms. The fourth-order valence-electron chi connectivity index (χ4n) is 3.95. The molecule has 1 unspecified atom stereocenters. The van der Waals surface area contributed by atoms with E-state index in [4.69, 9.17) is 4.74 Å². The number of ether oxygens (including phenoxy) is 1. The second-order valence-electron chi connectivity index (χ2n) is 7.39. The number of piperidine rings is 1. The second kappa shape index (κ2) is 9.57. The summed E-state index contributed by atoms with van der Waals surface area (Å²) >= 11 is 0. The van der Waals surface area contributed by atoms with Crippen molar-refractivity contribution < 1.29 is 19.1 Å². The van der Waals surface area contributed by atoms with Crippen LogP contribution in [-0.4, -0.2) is 66.5 Å². The van der Waals surface area contributed by atoms with Gasteiger partial charge in [-0.1, -0.05) is 30.3 Å². The molecule has 1 aromatic carbocycles. The van der Waals surface area contributed by atoms with Gasteiger partial charge in [-0.05, 0) is 31.7 Å². The number of benzene rings is 1. The number of amides is 3. The second-order valence-corrected chi connectivity index (χ2v) is 7.39. The summed E-state index contributed by atoms with van der Waals surface area (Å²) in [5.74, 6) is -0.292. The number of nitrogens with one attached hydrogen (secondary N) is 1. The van der Waals surface area contributed by atoms with E-state index in [0.29, 0.717) is 32.8 Å². The van der Waals surface area contributed by atoms with Gasteiger partial charge in [0.15, 0.2) is 0 Å². The van der Waals surface area contributed by atoms with E-state index in [-0.39, 0.29) is 36.3 Å². The van der Waals surface area contributed by atoms with E-state index in [0.717, 1.165) is 19.3 Å². The van der Waals surface area contributed by atoms with Gasteiger partial charge in [0.25, 0.3) is 0 Å². The first-order valence-electron chi connectivity index (χ1n) is 10.1. The van der Waals surface area contributed by atoms with E-state index < -0.39 is 0 Å². The Bertz CT molecular complexity index is 686. The Morgan fingerprint density at radius 1 is 1.18 bits per heavy atom. The van der Waals surface area contributed by atoms with Gasteiger partial charge in [0.2, 0.25) is 11.8 Å². The smallest absolute Gasteiger partial charge is 0.409 e. The predicted octanol–water partition coefficient (Wildman–Crippen LogP) is 1.81. The Kier molecular flexibility index (Phi) is 6.90. The Morgan fingerprint density at radius 3 is 2.57 bits per heavy atom. The van der Waals surface area contributed by atoms with Crippen molar-refractivity contribution >= 4 is 17.9 Å². The normalized spacial score (nSPS) is 20.3. The maximum Gasteiger partial charge on any atom is 0.409 e. The molecular weight excluding hydrogens is 358 g/mol. The molecular formula is C21H29N3O4. The molecule has 0 saturated carbocycles. The van der Waals surface area contributed by atoms with Gasteiger partial charge in [0.1, 0.15) is 0 Å². The molecule has 1 N–H and O–H groups in total. The van der Waals surface area contributed by atoms with Gasteiger partial charge >= 0.3 is 6.09 Å². The highest BCUT2D eigenvalue weighted by Crippen LogP contribution is 2.26. The summed E-state index contributed by atoms with van der Waals surface area (Å²) in [7, 11) is 0. The van der Waals surface area contributed by atoms with E-state index >= 15 is 0 Å². The van der Waals surface area contributed by atoms with Crippen molar-refractivity contribution in [2.45, 2.75) is 38.6 Å². The first-order chi connectivity index (χ1) is 13.6. The summed E-state index contributed by atoms with van der Waals surface area (Å²) in [5, 5.41) is 2.97. The average molecular weight is 387 g/mol. The quantitative estimate of drug-likeness (QED) is 0.808. The average Bonchev–Trinajstić information content (AvgIpc) is 3.11. The molecule has 152 valence electrons. The van der Waals surface area contributed by atoms with Gasteiger partial charge in [-0.2, -0.15) is 0 Å². The first kappa shape index (κ1) is 20.2. The van der Waals surface area contributed by atoms with Crippen LogP contribution in [0.2, 0.25) is 0 Å². The molecule has 1 aromatic rings. The third-order valence-corrected chi connectivity index (χ3v) is 5.52. The zero-order valence-electron chi connectivity index (χ0n) is 16.4. The van der Waals surface area contributed by atoms with Crippen molar-refractivity contribution in [2.75, 3.05) is 32.8 Å². The number of carbonyl (C=O) groups excluding carboxylic acids is 3. The maximum atomic E-state index is 12.5. The Morgan fingerprint density at radius 2 is 1.89 bits per heavy atom. The zero-order chi connectivity index (χ0) is 19.9. The summed E-state index contributed by atoms with van der Waals surface area (Å²) in [6.07, 6.45) is 2.22. The highest BCUT2D eigenvalue weighted by Gasteiger charge is 2.39. The van der Waals surface area contributed by atoms with E-state index in [2.05, 4.69) is 5.32 Å². The third-order valence-electron chi connectivity index (χ3n) is 5.52. The number of rotatable bonds is 6. The fourth-order valence-corrected chi connectivity index (χ4v) is 3.95. The molecule has 2 saturated heterocycles. The monoisotopic (exact) mass is 387 g/mol. The van der Waals surface area contributed by atoms with Crippen molar-refractivity contribution in [3.05, 3.63) is 35.9 Å². The summed E-state index contributed by atoms with van der Waals surface area (Å²) in [6, 6.07) is 10.1. The standard InChI is InChI=1S/C21H29N3O4/c1-2-28-21(27)23-12-9-18(10-13-23)24-15-17(14-19(24)25)20(26)22-11-8-16-6-4-3-5-7-16/h3-7,17-18H,2,8-15H2,1H3,(H,22,26). The van der Waals surface area contributed by atoms with Gasteiger partial charge in [-0.15, -0.1) is 0 Å². The summed E-state index contributed by atoms with van der Waals surface area (Å²) in [4.78, 5) is 40.2. The number of nitrogens with zero attached hydrogens (tertiary/aromatic N) is 2. The lowest BCUT2D eigenvalue weighted by Crippen LogP contribution is -2.47. The molecule has 2 fully saturated rings. The molecule has 0 aromatic heterocycles. The van der Waals surface area contributed by atoms with Crippen LogP contribution in [0.1, 0.15) is 31.7 Å². The van der Waals surface area contributed by atoms with Crippen molar-refractivity contribution in [1.29, 1.82) is 0 Å². The van der Waals surface area contributed by atoms with Gasteiger partial charge < -0.3 is 19.9 Å². The fraction of sp³-hybridized carbons (Fsp3) is 0.571. The highest BCUT2D eigenvalue weighted by atomic mass is 16.6. The minimum Gasteiger partial charge on any atom is -0.450 e. The minimum atomic E-state index is -0.288. The van der Waals surface area contributed by atoms with E-state index in [1.165, 1.54) is 5.56 Å². The SMILES string of the molecule is CCOC(=O)N1CCC(N2CC(C(=O)NCCc3ccccc3)CC2=O)CC1. The molecule has 2 aliphatic rings. The van der Waals surface area contributed by atoms with Crippen LogP contribution < -0.4 is 5.32 Å². The minimum absolute atomic E-state index is 0.0396. The molecule has 7 nitrogen and oxygen atoms in total. The van der Waals surface area contributed by atoms with Crippen molar-refractivity contribution in [3.8, 4) is 0 Å². The number of carbonyl (C=O) groups is 3. The van der Waals surface area contributed by atoms with Crippen LogP contribution in [0.5, 0.6) is 0 Å². The lowest BCUT2D eigenvalue weighted by atomic mass is 10.0. The molecule has 2 aliphatic heterocycles. The van der Waals surface area contributed by atoms with Gasteiger partial charge in [-0.25, -0.2) is 4.79 Å². The van der Waals surface area contributed by atoms with Crippen LogP contribution in [0, 0.1) is 5.92 Å². The molecule has 3 rings (SSSR count). The van der Waals surface area contributed by atoms with Gasteiger partial charge in [0.05, 0.1) is 12.5 Å². The summed E-state index contributed by atoms with van der Waals surface area (Å²) in [5.41, 5.74) is 1.18. The first-order valence-corrected chi connectivity index (χ1v) is 10.1. The van der Waals surface area contributed by atoms with E-state index in [9.17, 15) is 14.4 Å². The molecule has 1 atom stereocenters. The van der Waals surface area contributed by atoms with E-state index in [1.54, 1.807) is 11.8 Å². The molecule has 0 radical (unpaired) electrons. The van der Waals surface area contributed by atoms with Gasteiger partial charge in [-0.3, -0.25) is 9.59 Å². The maximum absolute atomic E-state index is 12.5. The molecule has 3 amide bonds. The molecule has 0 spiro atoms. The molecule has 7 heteroatoms. The highest BCUT2D eigenvalue weighted by molar-refractivity contribution is 5.89. The third kappa shape index (κ3) is 5.03. The lowest BCUT2D eigenvalue weighted by molar-refractivity contribution is -0.131. The van der Waals surface area contributed by atoms with Crippen molar-refractivity contribution in [2.24, 2.45) is 5.92 Å². The van der Waals surface area contributed by atoms with Crippen LogP contribution >= 0.6 is 0 Å². The number of hydrogen-bond donors (Lipinski definition) is 1. The number of hydrogen-bond acceptors (Lipinski definition) is 4. The topological polar surface area (TPSA) is 79.0 Å². The van der Waals surface area contributed by atoms with Crippen LogP contribution in [0.4, 0.5) is 4.79 Å². The van der Waals surface area contributed by atoms with Gasteiger partial charge in [0, 0.05) is 38.6 Å². The summed E-state index contributed by atoms with van der Waals surface area (Å²) < 4.78 is 5.03. The van der Waals surface area contributed by atoms with Crippen molar-refractivity contribution in [3.63, 3.8) is 0 Å². The van der Waals surface area contributed by atoms with Crippen LogP contribution in [0.25, 0.3) is 0 Å². The van der Waals surface area contributed by atoms with Crippen LogP contribution in [-0.2, 0) is 20.7 Å². The number of likely N-dealkylation sites (tertiary alicyclic amines) is 2. The molecule has 2 heterocycles. The zero-order valence-corrected chi connectivity index (χ0v) is 16.4. The lowest BCUT2D eigenvalue weighted by Gasteiger charge is -2.36.